The van der Waals surface area contributed by atoms with Crippen LogP contribution in [0, 0.1) is 6.92 Å². The third kappa shape index (κ3) is 3.71. The van der Waals surface area contributed by atoms with Gasteiger partial charge in [-0.3, -0.25) is 4.79 Å². The number of nitrogens with zero attached hydrogens (tertiary/aromatic N) is 4. The van der Waals surface area contributed by atoms with Gasteiger partial charge in [-0.05, 0) is 38.5 Å². The van der Waals surface area contributed by atoms with Crippen molar-refractivity contribution in [3.05, 3.63) is 46.2 Å². The van der Waals surface area contributed by atoms with Crippen LogP contribution in [0.2, 0.25) is 5.15 Å². The number of aromatic nitrogens is 2. The van der Waals surface area contributed by atoms with Crippen LogP contribution < -0.4 is 5.32 Å². The quantitative estimate of drug-likeness (QED) is 0.593. The molecule has 3 amide bonds. The fourth-order valence-electron chi connectivity index (χ4n) is 2.77. The van der Waals surface area contributed by atoms with Crippen molar-refractivity contribution in [3.63, 3.8) is 0 Å². The Bertz CT molecular complexity index is 1020. The number of rotatable bonds is 4. The maximum Gasteiger partial charge on any atom is 0.416 e. The molecule has 0 saturated carbocycles. The molecule has 3 rings (SSSR count). The van der Waals surface area contributed by atoms with Crippen molar-refractivity contribution in [3.8, 4) is 5.69 Å². The summed E-state index contributed by atoms with van der Waals surface area (Å²) in [6.45, 7) is 4.93. The maximum atomic E-state index is 13.0. The molecular weight excluding hydrogens is 411 g/mol. The molecule has 154 valence electrons. The minimum atomic E-state index is -4.51. The lowest BCUT2D eigenvalue weighted by atomic mass is 10.00. The van der Waals surface area contributed by atoms with E-state index < -0.39 is 29.2 Å². The SMILES string of the molecule is CCC1(C)NC(=O)N(N=Cc2c(C)nn(-c3cccc(C(F)(F)F)c3)c2Cl)C1=O. The second-order valence-electron chi connectivity index (χ2n) is 6.73. The molecule has 0 bridgehead atoms. The molecular formula is C18H17ClF3N5O2. The Kier molecular flexibility index (Phi) is 5.16. The number of hydrogen-bond donors (Lipinski definition) is 1. The number of imide groups is 1. The summed E-state index contributed by atoms with van der Waals surface area (Å²) in [5, 5.41) is 11.3. The summed E-state index contributed by atoms with van der Waals surface area (Å²) in [6, 6.07) is 3.87. The summed E-state index contributed by atoms with van der Waals surface area (Å²) < 4.78 is 40.0. The Hall–Kier alpha value is -2.88. The van der Waals surface area contributed by atoms with Gasteiger partial charge in [0, 0.05) is 0 Å². The molecule has 1 aromatic heterocycles. The molecule has 29 heavy (non-hydrogen) atoms. The van der Waals surface area contributed by atoms with Gasteiger partial charge in [0.2, 0.25) is 0 Å². The number of alkyl halides is 3. The predicted molar refractivity (Wildman–Crippen MR) is 100.0 cm³/mol. The van der Waals surface area contributed by atoms with Crippen LogP contribution >= 0.6 is 11.6 Å². The molecule has 11 heteroatoms. The van der Waals surface area contributed by atoms with Crippen molar-refractivity contribution in [2.45, 2.75) is 38.9 Å². The van der Waals surface area contributed by atoms with E-state index in [1.165, 1.54) is 18.3 Å². The highest BCUT2D eigenvalue weighted by molar-refractivity contribution is 6.32. The van der Waals surface area contributed by atoms with Gasteiger partial charge in [-0.2, -0.15) is 23.4 Å². The van der Waals surface area contributed by atoms with E-state index in [4.69, 9.17) is 11.6 Å². The number of nitrogens with one attached hydrogen (secondary N) is 1. The first kappa shape index (κ1) is 20.8. The largest absolute Gasteiger partial charge is 0.416 e. The average molecular weight is 428 g/mol. The van der Waals surface area contributed by atoms with Crippen LogP contribution in [-0.4, -0.2) is 38.5 Å². The van der Waals surface area contributed by atoms with Crippen LogP contribution in [0.25, 0.3) is 5.69 Å². The molecule has 7 nitrogen and oxygen atoms in total. The van der Waals surface area contributed by atoms with E-state index in [-0.39, 0.29) is 16.4 Å². The smallest absolute Gasteiger partial charge is 0.322 e. The summed E-state index contributed by atoms with van der Waals surface area (Å²) >= 11 is 6.30. The van der Waals surface area contributed by atoms with Gasteiger partial charge in [0.15, 0.2) is 0 Å². The highest BCUT2D eigenvalue weighted by atomic mass is 35.5. The predicted octanol–water partition coefficient (Wildman–Crippen LogP) is 3.91. The monoisotopic (exact) mass is 427 g/mol. The Morgan fingerprint density at radius 3 is 2.62 bits per heavy atom. The van der Waals surface area contributed by atoms with Crippen LogP contribution in [0.1, 0.15) is 37.1 Å². The highest BCUT2D eigenvalue weighted by Crippen LogP contribution is 2.31. The van der Waals surface area contributed by atoms with E-state index in [0.717, 1.165) is 16.8 Å². The van der Waals surface area contributed by atoms with Gasteiger partial charge in [-0.1, -0.05) is 24.6 Å². The molecule has 0 aliphatic carbocycles. The van der Waals surface area contributed by atoms with Gasteiger partial charge >= 0.3 is 12.2 Å². The van der Waals surface area contributed by atoms with Gasteiger partial charge in [0.25, 0.3) is 5.91 Å². The van der Waals surface area contributed by atoms with Gasteiger partial charge in [0.05, 0.1) is 28.7 Å². The Morgan fingerprint density at radius 1 is 1.34 bits per heavy atom. The zero-order chi connectivity index (χ0) is 21.6. The summed E-state index contributed by atoms with van der Waals surface area (Å²) in [6.07, 6.45) is -2.94. The minimum Gasteiger partial charge on any atom is -0.322 e. The van der Waals surface area contributed by atoms with Crippen LogP contribution in [-0.2, 0) is 11.0 Å². The lowest BCUT2D eigenvalue weighted by molar-refractivity contribution is -0.137. The second kappa shape index (κ2) is 7.18. The molecule has 1 unspecified atom stereocenters. The molecule has 1 aromatic carbocycles. The summed E-state index contributed by atoms with van der Waals surface area (Å²) in [5.41, 5.74) is -1.14. The van der Waals surface area contributed by atoms with Crippen molar-refractivity contribution in [2.75, 3.05) is 0 Å². The lowest BCUT2D eigenvalue weighted by Crippen LogP contribution is -2.42. The zero-order valence-electron chi connectivity index (χ0n) is 15.7. The van der Waals surface area contributed by atoms with E-state index >= 15 is 0 Å². The number of urea groups is 1. The van der Waals surface area contributed by atoms with E-state index in [9.17, 15) is 22.8 Å². The Balaban J connectivity index is 1.94. The molecule has 1 fully saturated rings. The number of carbonyl (C=O) groups excluding carboxylic acids is 2. The zero-order valence-corrected chi connectivity index (χ0v) is 16.5. The maximum absolute atomic E-state index is 13.0. The minimum absolute atomic E-state index is 0.00381. The fraction of sp³-hybridized carbons (Fsp3) is 0.333. The number of amides is 3. The number of carbonyl (C=O) groups is 2. The highest BCUT2D eigenvalue weighted by Gasteiger charge is 2.46. The van der Waals surface area contributed by atoms with Crippen LogP contribution in [0.4, 0.5) is 18.0 Å². The summed E-state index contributed by atoms with van der Waals surface area (Å²) in [7, 11) is 0. The molecule has 1 atom stereocenters. The topological polar surface area (TPSA) is 79.6 Å². The van der Waals surface area contributed by atoms with Crippen LogP contribution in [0.15, 0.2) is 29.4 Å². The fourth-order valence-corrected chi connectivity index (χ4v) is 3.09. The molecule has 1 saturated heterocycles. The molecule has 1 aliphatic heterocycles. The van der Waals surface area contributed by atoms with Crippen molar-refractivity contribution in [2.24, 2.45) is 5.10 Å². The van der Waals surface area contributed by atoms with Gasteiger partial charge in [-0.25, -0.2) is 9.48 Å². The van der Waals surface area contributed by atoms with Crippen molar-refractivity contribution in [1.29, 1.82) is 0 Å². The first-order valence-corrected chi connectivity index (χ1v) is 8.99. The van der Waals surface area contributed by atoms with Crippen molar-refractivity contribution < 1.29 is 22.8 Å². The van der Waals surface area contributed by atoms with E-state index in [2.05, 4.69) is 15.5 Å². The Morgan fingerprint density at radius 2 is 2.03 bits per heavy atom. The first-order chi connectivity index (χ1) is 13.5. The van der Waals surface area contributed by atoms with E-state index in [1.807, 2.05) is 0 Å². The molecule has 1 N–H and O–H groups in total. The molecule has 0 radical (unpaired) electrons. The molecule has 0 spiro atoms. The van der Waals surface area contributed by atoms with Gasteiger partial charge in [0.1, 0.15) is 10.7 Å². The molecule has 2 aromatic rings. The molecule has 2 heterocycles. The average Bonchev–Trinajstić information content (AvgIpc) is 3.06. The lowest BCUT2D eigenvalue weighted by Gasteiger charge is -2.17. The van der Waals surface area contributed by atoms with E-state index in [0.29, 0.717) is 17.1 Å². The van der Waals surface area contributed by atoms with Crippen molar-refractivity contribution >= 4 is 29.8 Å². The first-order valence-electron chi connectivity index (χ1n) is 8.61. The number of halogens is 4. The summed E-state index contributed by atoms with van der Waals surface area (Å²) in [5.74, 6) is -0.514. The summed E-state index contributed by atoms with van der Waals surface area (Å²) in [4.78, 5) is 24.4. The van der Waals surface area contributed by atoms with Crippen molar-refractivity contribution in [1.82, 2.24) is 20.1 Å². The van der Waals surface area contributed by atoms with Gasteiger partial charge in [-0.15, -0.1) is 5.01 Å². The second-order valence-corrected chi connectivity index (χ2v) is 7.09. The standard InChI is InChI=1S/C18H17ClF3N5O2/c1-4-17(3)15(28)27(16(29)24-17)23-9-13-10(2)25-26(14(13)19)12-7-5-6-11(8-12)18(20,21)22/h5-9H,4H2,1-3H3,(H,24,29). The molecule has 1 aliphatic rings. The third-order valence-corrected chi connectivity index (χ3v) is 5.08. The normalized spacial score (nSPS) is 20.0. The number of hydrazone groups is 1. The number of aryl methyl sites for hydroxylation is 1. The third-order valence-electron chi connectivity index (χ3n) is 4.72. The van der Waals surface area contributed by atoms with Crippen LogP contribution in [0.3, 0.4) is 0 Å². The number of benzene rings is 1. The number of hydrogen-bond acceptors (Lipinski definition) is 4. The van der Waals surface area contributed by atoms with Crippen LogP contribution in [0.5, 0.6) is 0 Å². The van der Waals surface area contributed by atoms with Gasteiger partial charge < -0.3 is 5.32 Å². The Labute approximate surface area is 169 Å². The van der Waals surface area contributed by atoms with E-state index in [1.54, 1.807) is 20.8 Å².